The van der Waals surface area contributed by atoms with Gasteiger partial charge in [0.1, 0.15) is 18.4 Å². The predicted molar refractivity (Wildman–Crippen MR) is 276 cm³/mol. The van der Waals surface area contributed by atoms with Crippen molar-refractivity contribution in [3.8, 4) is 10.4 Å². The monoisotopic (exact) mass is 977 g/mol. The van der Waals surface area contributed by atoms with Crippen LogP contribution in [0.2, 0.25) is 0 Å². The lowest BCUT2D eigenvalue weighted by molar-refractivity contribution is -0.146. The van der Waals surface area contributed by atoms with Crippen LogP contribution >= 0.6 is 11.3 Å². The van der Waals surface area contributed by atoms with Crippen LogP contribution in [0.4, 0.5) is 0 Å². The van der Waals surface area contributed by atoms with Gasteiger partial charge in [-0.15, -0.1) is 11.3 Å². The molecular weight excluding hydrogens is 905 g/mol. The number of benzene rings is 3. The molecule has 2 aromatic heterocycles. The number of fused-ring (bicyclic) bond motifs is 1. The lowest BCUT2D eigenvalue weighted by atomic mass is 9.76. The van der Waals surface area contributed by atoms with Crippen LogP contribution in [0.5, 0.6) is 0 Å². The molecule has 0 spiro atoms. The first-order valence-electron chi connectivity index (χ1n) is 24.5. The summed E-state index contributed by atoms with van der Waals surface area (Å²) in [6, 6.07) is 25.5. The van der Waals surface area contributed by atoms with Crippen molar-refractivity contribution in [1.29, 1.82) is 0 Å². The molecule has 0 radical (unpaired) electrons. The number of aliphatic hydroxyl groups is 2. The number of β-amino-alcohol motifs (C(OH)–C–C–N with tert-alkyl or cyclic N) is 1. The summed E-state index contributed by atoms with van der Waals surface area (Å²) in [5.74, 6) is -1.76. The molecule has 0 unspecified atom stereocenters. The normalized spacial score (nSPS) is 16.1. The minimum atomic E-state index is -0.843. The van der Waals surface area contributed by atoms with Gasteiger partial charge in [-0.25, -0.2) is 0 Å². The molecule has 70 heavy (non-hydrogen) atoms. The van der Waals surface area contributed by atoms with Crippen LogP contribution in [0.3, 0.4) is 0 Å². The van der Waals surface area contributed by atoms with Crippen molar-refractivity contribution in [3.63, 3.8) is 0 Å². The van der Waals surface area contributed by atoms with Crippen molar-refractivity contribution in [2.45, 2.75) is 92.0 Å². The molecule has 4 atom stereocenters. The van der Waals surface area contributed by atoms with Gasteiger partial charge < -0.3 is 39.6 Å². The van der Waals surface area contributed by atoms with E-state index in [4.69, 9.17) is 19.3 Å². The minimum Gasteiger partial charge on any atom is -0.391 e. The third kappa shape index (κ3) is 15.6. The summed E-state index contributed by atoms with van der Waals surface area (Å²) in [4.78, 5) is 61.2. The molecule has 376 valence electrons. The highest BCUT2D eigenvalue weighted by atomic mass is 32.1. The van der Waals surface area contributed by atoms with Gasteiger partial charge in [0.2, 0.25) is 11.8 Å². The number of aromatic nitrogens is 1. The average molecular weight is 977 g/mol. The van der Waals surface area contributed by atoms with E-state index in [0.29, 0.717) is 39.6 Å². The maximum atomic E-state index is 14.2. The second-order valence-electron chi connectivity index (χ2n) is 19.4. The van der Waals surface area contributed by atoms with E-state index >= 15 is 0 Å². The Bertz CT molecular complexity index is 2510. The molecule has 14 heteroatoms. The molecule has 13 nitrogen and oxygen atoms in total. The van der Waals surface area contributed by atoms with Crippen LogP contribution in [0.15, 0.2) is 90.3 Å². The molecule has 3 heterocycles. The van der Waals surface area contributed by atoms with Gasteiger partial charge >= 0.3 is 0 Å². The van der Waals surface area contributed by atoms with Gasteiger partial charge in [-0.1, -0.05) is 93.6 Å². The lowest BCUT2D eigenvalue weighted by Gasteiger charge is -2.35. The van der Waals surface area contributed by atoms with Gasteiger partial charge in [0.15, 0.2) is 5.78 Å². The van der Waals surface area contributed by atoms with Crippen LogP contribution in [-0.4, -0.2) is 126 Å². The smallest absolute Gasteiger partial charge is 0.243 e. The summed E-state index contributed by atoms with van der Waals surface area (Å²) >= 11 is 1.69. The van der Waals surface area contributed by atoms with Crippen molar-refractivity contribution in [2.24, 2.45) is 11.3 Å². The number of hydrogen-bond donors (Lipinski definition) is 4. The van der Waals surface area contributed by atoms with E-state index in [1.165, 1.54) is 38.1 Å². The molecule has 1 fully saturated rings. The van der Waals surface area contributed by atoms with Crippen molar-refractivity contribution in [3.05, 3.63) is 124 Å². The Morgan fingerprint density at radius 1 is 0.900 bits per heavy atom. The number of aliphatic hydroxyl groups excluding tert-OH is 2. The molecule has 5 aromatic rings. The summed E-state index contributed by atoms with van der Waals surface area (Å²) in [5.41, 5.74) is 8.35. The molecule has 0 aliphatic carbocycles. The maximum Gasteiger partial charge on any atom is 0.243 e. The van der Waals surface area contributed by atoms with Gasteiger partial charge in [0.25, 0.3) is 0 Å². The zero-order valence-corrected chi connectivity index (χ0v) is 42.5. The van der Waals surface area contributed by atoms with Crippen LogP contribution in [-0.2, 0) is 46.4 Å². The first kappa shape index (κ1) is 54.0. The Morgan fingerprint density at radius 3 is 2.26 bits per heavy atom. The number of aromatic amines is 1. The Kier molecular flexibility index (Phi) is 20.2. The van der Waals surface area contributed by atoms with E-state index in [0.717, 1.165) is 47.3 Å². The summed E-state index contributed by atoms with van der Waals surface area (Å²) < 4.78 is 17.5. The number of ketones is 2. The molecule has 0 bridgehead atoms. The SMILES string of the molecule is Cc1ccsc1-c1ccc([C@H](C)NC(=O)[C@H]2C[C@@H](O)CN2C(=O)[C@@H](CC(=O)CCOCCOCCOCCN(CCc2c(C)[nH]c3ccccc23)Cc2ccc(/C=C/C(=O)CO)cc2)C(C)(C)C)cc1. The van der Waals surface area contributed by atoms with Gasteiger partial charge in [-0.2, -0.15) is 0 Å². The Balaban J connectivity index is 0.893. The number of carbonyl (C=O) groups excluding carboxylic acids is 4. The second-order valence-corrected chi connectivity index (χ2v) is 20.3. The number of hydrogen-bond acceptors (Lipinski definition) is 11. The largest absolute Gasteiger partial charge is 0.391 e. The Labute approximate surface area is 417 Å². The van der Waals surface area contributed by atoms with Crippen LogP contribution in [0.1, 0.15) is 86.5 Å². The fourth-order valence-electron chi connectivity index (χ4n) is 8.94. The topological polar surface area (TPSA) is 171 Å². The van der Waals surface area contributed by atoms with Crippen LogP contribution < -0.4 is 5.32 Å². The predicted octanol–water partition coefficient (Wildman–Crippen LogP) is 8.03. The van der Waals surface area contributed by atoms with Gasteiger partial charge in [0.05, 0.1) is 51.8 Å². The number of amides is 2. The Morgan fingerprint density at radius 2 is 1.59 bits per heavy atom. The molecular formula is C56H72N4O9S. The zero-order chi connectivity index (χ0) is 50.2. The first-order valence-corrected chi connectivity index (χ1v) is 25.4. The average Bonchev–Trinajstić information content (AvgIpc) is 4.05. The van der Waals surface area contributed by atoms with E-state index in [-0.39, 0.29) is 61.8 Å². The summed E-state index contributed by atoms with van der Waals surface area (Å²) in [6.07, 6.45) is 3.41. The van der Waals surface area contributed by atoms with E-state index in [9.17, 15) is 24.3 Å². The number of ether oxygens (including phenoxy) is 3. The molecule has 1 saturated heterocycles. The summed E-state index contributed by atoms with van der Waals surface area (Å²) in [5, 5.41) is 26.1. The second kappa shape index (κ2) is 26.2. The van der Waals surface area contributed by atoms with Gasteiger partial charge in [-0.05, 0) is 89.6 Å². The highest BCUT2D eigenvalue weighted by Gasteiger charge is 2.44. The molecule has 2 amide bonds. The van der Waals surface area contributed by atoms with E-state index < -0.39 is 30.1 Å². The number of aryl methyl sites for hydroxylation is 2. The minimum absolute atomic E-state index is 0.00615. The summed E-state index contributed by atoms with van der Waals surface area (Å²) in [7, 11) is 0. The number of thiophene rings is 1. The first-order chi connectivity index (χ1) is 33.6. The quantitative estimate of drug-likeness (QED) is 0.0299. The van der Waals surface area contributed by atoms with Crippen LogP contribution in [0, 0.1) is 25.2 Å². The number of rotatable bonds is 27. The van der Waals surface area contributed by atoms with Crippen molar-refractivity contribution in [1.82, 2.24) is 20.1 Å². The highest BCUT2D eigenvalue weighted by molar-refractivity contribution is 7.13. The number of nitrogens with one attached hydrogen (secondary N) is 2. The third-order valence-corrected chi connectivity index (χ3v) is 14.1. The molecule has 1 aliphatic heterocycles. The third-order valence-electron chi connectivity index (χ3n) is 13.1. The van der Waals surface area contributed by atoms with Crippen LogP contribution in [0.25, 0.3) is 27.4 Å². The standard InChI is InChI=1S/C56H72N4O9S/c1-38-23-32-70-53(38)44-18-16-43(17-19-44)39(2)58-54(65)52-34-47(64)36-60(52)55(66)50(56(4,5)6)33-45(62)22-26-67-28-30-69-31-29-68-27-25-59(24-21-48-40(3)57-51-10-8-7-9-49(48)51)35-42-13-11-41(12-14-42)15-20-46(63)37-61/h7-20,23,32,39,47,50,52,57,61,64H,21-22,24-31,33-37H2,1-6H3,(H,58,65)/b20-15+/t39-,47+,50+,52+/m0/s1. The van der Waals surface area contributed by atoms with E-state index in [1.54, 1.807) is 17.4 Å². The lowest BCUT2D eigenvalue weighted by Crippen LogP contribution is -2.50. The van der Waals surface area contributed by atoms with Gasteiger partial charge in [0, 0.05) is 72.8 Å². The molecule has 0 saturated carbocycles. The number of likely N-dealkylation sites (tertiary alicyclic amines) is 1. The number of carbonyl (C=O) groups is 4. The summed E-state index contributed by atoms with van der Waals surface area (Å²) in [6.45, 7) is 15.8. The maximum absolute atomic E-state index is 14.2. The zero-order valence-electron chi connectivity index (χ0n) is 41.7. The van der Waals surface area contributed by atoms with Crippen molar-refractivity contribution < 1.29 is 43.6 Å². The van der Waals surface area contributed by atoms with E-state index in [1.807, 2.05) is 58.0 Å². The number of Topliss-reactive ketones (excluding diaryl/α,β-unsaturated/α-hetero) is 1. The van der Waals surface area contributed by atoms with Crippen molar-refractivity contribution in [2.75, 3.05) is 65.9 Å². The molecule has 1 aliphatic rings. The molecule has 4 N–H and O–H groups in total. The Hall–Kier alpha value is -5.32. The highest BCUT2D eigenvalue weighted by Crippen LogP contribution is 2.34. The molecule has 6 rings (SSSR count). The van der Waals surface area contributed by atoms with Crippen molar-refractivity contribution >= 4 is 51.7 Å². The fraction of sp³-hybridized carbons (Fsp3) is 0.464. The number of para-hydroxylation sites is 1. The number of H-pyrrole nitrogens is 1. The van der Waals surface area contributed by atoms with E-state index in [2.05, 4.69) is 83.0 Å². The molecule has 3 aromatic carbocycles. The number of nitrogens with zero attached hydrogens (tertiary/aromatic N) is 2. The fourth-order valence-corrected chi connectivity index (χ4v) is 9.87. The van der Waals surface area contributed by atoms with Gasteiger partial charge in [-0.3, -0.25) is 24.1 Å².